The number of pyridine rings is 1. The van der Waals surface area contributed by atoms with E-state index < -0.39 is 64.1 Å². The number of nitrogens with one attached hydrogen (secondary N) is 4. The van der Waals surface area contributed by atoms with E-state index in [2.05, 4.69) is 21.3 Å². The molecule has 2 aromatic carbocycles. The second-order valence-electron chi connectivity index (χ2n) is 15.1. The molecule has 7 N–H and O–H groups in total. The van der Waals surface area contributed by atoms with Crippen molar-refractivity contribution in [2.45, 2.75) is 71.2 Å². The van der Waals surface area contributed by atoms with E-state index in [1.807, 2.05) is 23.8 Å². The first kappa shape index (κ1) is 44.1. The number of carbonyl (C=O) groups excluding carboxylic acids is 5. The average Bonchev–Trinajstić information content (AvgIpc) is 3.77. The molecular weight excluding hydrogens is 812 g/mol. The summed E-state index contributed by atoms with van der Waals surface area (Å²) in [5.41, 5.74) is 5.29. The number of hydrogen-bond donors (Lipinski definition) is 6. The molecule has 0 radical (unpaired) electrons. The van der Waals surface area contributed by atoms with Crippen LogP contribution in [-0.4, -0.2) is 89.2 Å². The van der Waals surface area contributed by atoms with Crippen molar-refractivity contribution >= 4 is 69.4 Å². The third-order valence-corrected chi connectivity index (χ3v) is 11.9. The van der Waals surface area contributed by atoms with Crippen LogP contribution in [0.2, 0.25) is 0 Å². The minimum atomic E-state index is -1.39. The molecule has 0 unspecified atom stereocenters. The summed E-state index contributed by atoms with van der Waals surface area (Å²) in [7, 11) is 0. The maximum atomic E-state index is 15.3. The third kappa shape index (κ3) is 10.1. The molecule has 1 saturated carbocycles. The van der Waals surface area contributed by atoms with Gasteiger partial charge in [-0.3, -0.25) is 19.2 Å². The lowest BCUT2D eigenvalue weighted by atomic mass is 9.67. The van der Waals surface area contributed by atoms with Crippen LogP contribution in [0.1, 0.15) is 73.5 Å². The number of halogens is 1. The number of urea groups is 1. The summed E-state index contributed by atoms with van der Waals surface area (Å²) in [5, 5.41) is 24.3. The number of anilines is 2. The highest BCUT2D eigenvalue weighted by molar-refractivity contribution is 7.08. The van der Waals surface area contributed by atoms with Gasteiger partial charge in [0.15, 0.2) is 0 Å². The van der Waals surface area contributed by atoms with Gasteiger partial charge in [-0.05, 0) is 91.7 Å². The van der Waals surface area contributed by atoms with Crippen molar-refractivity contribution in [2.24, 2.45) is 11.1 Å². The Bertz CT molecular complexity index is 2340. The van der Waals surface area contributed by atoms with Crippen LogP contribution in [-0.2, 0) is 32.3 Å². The molecule has 19 heteroatoms. The van der Waals surface area contributed by atoms with Crippen LogP contribution in [0.3, 0.4) is 0 Å². The molecule has 3 heterocycles. The Morgan fingerprint density at radius 3 is 2.31 bits per heavy atom. The number of nitrogens with two attached hydrogens (primary N) is 1. The molecule has 6 amide bonds. The molecule has 1 saturated heterocycles. The fraction of sp³-hybridized carbons (Fsp3) is 0.405. The van der Waals surface area contributed by atoms with Crippen LogP contribution < -0.4 is 37.3 Å². The van der Waals surface area contributed by atoms with Crippen LogP contribution in [0.5, 0.6) is 0 Å². The highest BCUT2D eigenvalue weighted by Gasteiger charge is 2.51. The van der Waals surface area contributed by atoms with Crippen molar-refractivity contribution in [2.75, 3.05) is 42.9 Å². The molecule has 324 valence electrons. The van der Waals surface area contributed by atoms with Gasteiger partial charge in [-0.1, -0.05) is 18.6 Å². The summed E-state index contributed by atoms with van der Waals surface area (Å²) in [6.45, 7) is 5.12. The number of thiophene rings is 1. The van der Waals surface area contributed by atoms with Crippen LogP contribution >= 0.6 is 11.3 Å². The number of aryl methyl sites for hydroxylation is 1. The number of fused-ring (bicyclic) bond motifs is 1. The number of amides is 6. The number of primary amides is 1. The highest BCUT2D eigenvalue weighted by Crippen LogP contribution is 2.42. The van der Waals surface area contributed by atoms with Gasteiger partial charge in [-0.15, -0.1) is 0 Å². The number of nitrogens with zero attached hydrogens (tertiary/aromatic N) is 3. The van der Waals surface area contributed by atoms with Crippen molar-refractivity contribution in [3.05, 3.63) is 92.2 Å². The van der Waals surface area contributed by atoms with Crippen molar-refractivity contribution in [3.63, 3.8) is 0 Å². The number of rotatable bonds is 16. The Balaban J connectivity index is 1.02. The molecule has 0 spiro atoms. The van der Waals surface area contributed by atoms with E-state index in [0.29, 0.717) is 49.0 Å². The number of carboxylic acid groups (broad SMARTS) is 1. The minimum absolute atomic E-state index is 0.0279. The molecular formula is C42H49FN8O9S. The Labute approximate surface area is 354 Å². The number of aromatic nitrogens is 1. The standard InChI is InChI=1S/C42H49FN8O9S/c1-3-49-22-30(37(54)55)35(52)29-20-31(43)34(21-33(29)49)50-15-17-51(18-16-50)41(59)60-23-26-7-9-28(10-8-26)47-36(53)32(6-4-14-45-40(44)58)48-39(57)42(12-5-13-42)38(56)46-25(2)27-11-19-61-24-27/h7-11,19-22,24-25,32H,3-6,12-18,23H2,1-2H3,(H,46,56)(H,47,53)(H,48,57)(H,54,55)(H3,44,45,58)/t25-,32+/m1/s1. The Kier molecular flexibility index (Phi) is 13.9. The largest absolute Gasteiger partial charge is 0.477 e. The van der Waals surface area contributed by atoms with E-state index in [1.54, 1.807) is 40.7 Å². The Morgan fingerprint density at radius 1 is 1.00 bits per heavy atom. The summed E-state index contributed by atoms with van der Waals surface area (Å²) in [6, 6.07) is 9.03. The van der Waals surface area contributed by atoms with Crippen molar-refractivity contribution in [1.82, 2.24) is 25.4 Å². The molecule has 61 heavy (non-hydrogen) atoms. The summed E-state index contributed by atoms with van der Waals surface area (Å²) in [6.07, 6.45) is 2.52. The molecule has 2 fully saturated rings. The maximum Gasteiger partial charge on any atom is 0.410 e. The van der Waals surface area contributed by atoms with Gasteiger partial charge in [-0.25, -0.2) is 18.8 Å². The van der Waals surface area contributed by atoms with Crippen molar-refractivity contribution in [3.8, 4) is 0 Å². The smallest absolute Gasteiger partial charge is 0.410 e. The second-order valence-corrected chi connectivity index (χ2v) is 15.9. The van der Waals surface area contributed by atoms with Gasteiger partial charge in [0.1, 0.15) is 29.4 Å². The van der Waals surface area contributed by atoms with Gasteiger partial charge < -0.3 is 51.2 Å². The molecule has 1 aliphatic carbocycles. The van der Waals surface area contributed by atoms with E-state index in [9.17, 15) is 38.7 Å². The zero-order valence-electron chi connectivity index (χ0n) is 33.8. The second kappa shape index (κ2) is 19.3. The lowest BCUT2D eigenvalue weighted by Gasteiger charge is -2.40. The van der Waals surface area contributed by atoms with Crippen LogP contribution in [0.4, 0.5) is 25.4 Å². The number of carboxylic acids is 1. The van der Waals surface area contributed by atoms with Crippen molar-refractivity contribution < 1.29 is 43.0 Å². The highest BCUT2D eigenvalue weighted by atomic mass is 32.1. The summed E-state index contributed by atoms with van der Waals surface area (Å²) >= 11 is 1.51. The number of piperazine rings is 1. The number of carbonyl (C=O) groups is 6. The monoisotopic (exact) mass is 860 g/mol. The molecule has 6 rings (SSSR count). The molecule has 2 aromatic heterocycles. The Hall–Kier alpha value is -6.50. The Morgan fingerprint density at radius 2 is 1.70 bits per heavy atom. The topological polar surface area (TPSA) is 234 Å². The lowest BCUT2D eigenvalue weighted by molar-refractivity contribution is -0.151. The van der Waals surface area contributed by atoms with E-state index in [0.717, 1.165) is 11.6 Å². The molecule has 17 nitrogen and oxygen atoms in total. The summed E-state index contributed by atoms with van der Waals surface area (Å²) in [5.74, 6) is -3.53. The third-order valence-electron chi connectivity index (χ3n) is 11.2. The van der Waals surface area contributed by atoms with Crippen LogP contribution in [0, 0.1) is 11.2 Å². The number of ether oxygens (including phenoxy) is 1. The van der Waals surface area contributed by atoms with E-state index in [4.69, 9.17) is 10.5 Å². The fourth-order valence-electron chi connectivity index (χ4n) is 7.45. The summed E-state index contributed by atoms with van der Waals surface area (Å²) in [4.78, 5) is 92.6. The van der Waals surface area contributed by atoms with Gasteiger partial charge in [0.2, 0.25) is 23.2 Å². The fourth-order valence-corrected chi connectivity index (χ4v) is 8.20. The molecule has 2 atom stereocenters. The zero-order chi connectivity index (χ0) is 43.8. The number of hydrogen-bond acceptors (Lipinski definition) is 10. The SMILES string of the molecule is CCn1cc(C(=O)O)c(=O)c2cc(F)c(N3CCN(C(=O)OCc4ccc(NC(=O)[C@H](CCCNC(N)=O)NC(=O)C5(C(=O)N[C@H](C)c6ccsc6)CCC5)cc4)CC3)cc21. The van der Waals surface area contributed by atoms with Gasteiger partial charge in [-0.2, -0.15) is 11.3 Å². The average molecular weight is 861 g/mol. The predicted octanol–water partition coefficient (Wildman–Crippen LogP) is 4.30. The van der Waals surface area contributed by atoms with E-state index in [-0.39, 0.29) is 62.9 Å². The van der Waals surface area contributed by atoms with Gasteiger partial charge in [0.25, 0.3) is 0 Å². The molecule has 1 aliphatic heterocycles. The molecule has 0 bridgehead atoms. The van der Waals surface area contributed by atoms with Crippen molar-refractivity contribution in [1.29, 1.82) is 0 Å². The first-order chi connectivity index (χ1) is 29.2. The predicted molar refractivity (Wildman–Crippen MR) is 226 cm³/mol. The summed E-state index contributed by atoms with van der Waals surface area (Å²) < 4.78 is 22.5. The first-order valence-electron chi connectivity index (χ1n) is 20.0. The zero-order valence-corrected chi connectivity index (χ0v) is 34.6. The van der Waals surface area contributed by atoms with E-state index >= 15 is 4.39 Å². The van der Waals surface area contributed by atoms with Gasteiger partial charge >= 0.3 is 18.1 Å². The lowest BCUT2D eigenvalue weighted by Crippen LogP contribution is -2.58. The maximum absolute atomic E-state index is 15.3. The minimum Gasteiger partial charge on any atom is -0.477 e. The van der Waals surface area contributed by atoms with Crippen LogP contribution in [0.25, 0.3) is 10.9 Å². The molecule has 4 aromatic rings. The molecule has 2 aliphatic rings. The van der Waals surface area contributed by atoms with E-state index in [1.165, 1.54) is 28.5 Å². The normalized spacial score (nSPS) is 15.5. The number of benzene rings is 2. The van der Waals surface area contributed by atoms with Crippen LogP contribution in [0.15, 0.2) is 64.2 Å². The first-order valence-corrected chi connectivity index (χ1v) is 21.0. The quantitative estimate of drug-likeness (QED) is 0.0691. The number of aromatic carboxylic acids is 1. The van der Waals surface area contributed by atoms with Gasteiger partial charge in [0, 0.05) is 56.5 Å². The van der Waals surface area contributed by atoms with Gasteiger partial charge in [0.05, 0.1) is 17.2 Å².